The first-order chi connectivity index (χ1) is 8.70. The second-order valence-electron chi connectivity index (χ2n) is 3.62. The Kier molecular flexibility index (Phi) is 4.17. The highest BCUT2D eigenvalue weighted by atomic mass is 35.5. The minimum absolute atomic E-state index is 0.0162. The second kappa shape index (κ2) is 5.84. The lowest BCUT2D eigenvalue weighted by molar-refractivity contribution is 0.149. The number of phenolic OH excluding ortho intramolecular Hbond substituents is 1. The van der Waals surface area contributed by atoms with E-state index in [-0.39, 0.29) is 11.6 Å². The van der Waals surface area contributed by atoms with Gasteiger partial charge in [0.05, 0.1) is 12.2 Å². The molecule has 1 aromatic heterocycles. The Labute approximate surface area is 109 Å². The molecule has 18 heavy (non-hydrogen) atoms. The fraction of sp³-hybridized carbons (Fsp3) is 0.333. The van der Waals surface area contributed by atoms with Crippen LogP contribution in [0.4, 0.5) is 0 Å². The molecule has 1 aromatic carbocycles. The average molecular weight is 269 g/mol. The van der Waals surface area contributed by atoms with Crippen molar-refractivity contribution in [3.05, 3.63) is 29.0 Å². The third-order valence-electron chi connectivity index (χ3n) is 2.33. The predicted molar refractivity (Wildman–Crippen MR) is 66.6 cm³/mol. The number of rotatable bonds is 5. The van der Waals surface area contributed by atoms with Crippen LogP contribution in [0.1, 0.15) is 12.7 Å². The molecule has 0 bridgehead atoms. The highest BCUT2D eigenvalue weighted by Gasteiger charge is 2.12. The molecule has 0 amide bonds. The van der Waals surface area contributed by atoms with Crippen LogP contribution >= 0.6 is 11.6 Å². The van der Waals surface area contributed by atoms with Crippen molar-refractivity contribution in [2.45, 2.75) is 13.3 Å². The number of halogens is 1. The zero-order valence-electron chi connectivity index (χ0n) is 9.89. The number of benzene rings is 1. The van der Waals surface area contributed by atoms with Crippen LogP contribution in [0.3, 0.4) is 0 Å². The summed E-state index contributed by atoms with van der Waals surface area (Å²) in [5.41, 5.74) is 0.467. The van der Waals surface area contributed by atoms with Crippen LogP contribution in [-0.2, 0) is 11.2 Å². The van der Waals surface area contributed by atoms with E-state index in [1.165, 1.54) is 6.07 Å². The van der Waals surface area contributed by atoms with Gasteiger partial charge in [-0.05, 0) is 25.1 Å². The Hall–Kier alpha value is -1.59. The maximum Gasteiger partial charge on any atom is 0.261 e. The van der Waals surface area contributed by atoms with Gasteiger partial charge >= 0.3 is 0 Å². The van der Waals surface area contributed by atoms with Crippen LogP contribution in [0, 0.1) is 0 Å². The molecule has 0 atom stereocenters. The fourth-order valence-electron chi connectivity index (χ4n) is 1.46. The van der Waals surface area contributed by atoms with Gasteiger partial charge in [0.15, 0.2) is 5.82 Å². The largest absolute Gasteiger partial charge is 0.507 e. The number of ether oxygens (including phenoxy) is 1. The summed E-state index contributed by atoms with van der Waals surface area (Å²) in [6, 6.07) is 4.72. The lowest BCUT2D eigenvalue weighted by Gasteiger charge is -1.98. The average Bonchev–Trinajstić information content (AvgIpc) is 2.78. The molecule has 1 N–H and O–H groups in total. The molecule has 6 heteroatoms. The third kappa shape index (κ3) is 3.00. The van der Waals surface area contributed by atoms with Gasteiger partial charge in [-0.25, -0.2) is 0 Å². The Morgan fingerprint density at radius 1 is 1.44 bits per heavy atom. The molecule has 0 unspecified atom stereocenters. The van der Waals surface area contributed by atoms with Crippen molar-refractivity contribution in [3.63, 3.8) is 0 Å². The zero-order chi connectivity index (χ0) is 13.0. The minimum atomic E-state index is 0.0162. The van der Waals surface area contributed by atoms with Crippen LogP contribution in [-0.4, -0.2) is 28.5 Å². The van der Waals surface area contributed by atoms with Gasteiger partial charge in [-0.1, -0.05) is 16.8 Å². The number of hydrogen-bond donors (Lipinski definition) is 1. The van der Waals surface area contributed by atoms with Crippen molar-refractivity contribution in [3.8, 4) is 17.2 Å². The molecule has 1 heterocycles. The molecule has 2 rings (SSSR count). The fourth-order valence-corrected chi connectivity index (χ4v) is 1.62. The first-order valence-corrected chi connectivity index (χ1v) is 5.97. The summed E-state index contributed by atoms with van der Waals surface area (Å²) >= 11 is 5.75. The van der Waals surface area contributed by atoms with Crippen LogP contribution in [0.25, 0.3) is 11.5 Å². The van der Waals surface area contributed by atoms with E-state index in [2.05, 4.69) is 10.1 Å². The molecular weight excluding hydrogens is 256 g/mol. The van der Waals surface area contributed by atoms with Gasteiger partial charge in [0, 0.05) is 18.1 Å². The van der Waals surface area contributed by atoms with Crippen molar-refractivity contribution in [1.29, 1.82) is 0 Å². The Bertz CT molecular complexity index is 528. The maximum atomic E-state index is 9.73. The molecule has 96 valence electrons. The van der Waals surface area contributed by atoms with Gasteiger partial charge in [-0.3, -0.25) is 0 Å². The molecular formula is C12H13ClN2O3. The minimum Gasteiger partial charge on any atom is -0.507 e. The van der Waals surface area contributed by atoms with E-state index in [0.717, 1.165) is 0 Å². The quantitative estimate of drug-likeness (QED) is 0.845. The Balaban J connectivity index is 2.13. The van der Waals surface area contributed by atoms with Gasteiger partial charge in [-0.2, -0.15) is 4.98 Å². The summed E-state index contributed by atoms with van der Waals surface area (Å²) in [5.74, 6) is 0.839. The van der Waals surface area contributed by atoms with Crippen LogP contribution < -0.4 is 0 Å². The number of nitrogens with zero attached hydrogens (tertiary/aromatic N) is 2. The van der Waals surface area contributed by atoms with Gasteiger partial charge in [-0.15, -0.1) is 0 Å². The van der Waals surface area contributed by atoms with Crippen LogP contribution in [0.2, 0.25) is 5.02 Å². The first kappa shape index (κ1) is 12.9. The van der Waals surface area contributed by atoms with Crippen molar-refractivity contribution < 1.29 is 14.4 Å². The molecule has 0 spiro atoms. The molecule has 2 aromatic rings. The standard InChI is InChI=1S/C12H13ClN2O3/c1-2-17-6-5-11-14-12(18-15-11)9-4-3-8(13)7-10(9)16/h3-4,7,16H,2,5-6H2,1H3. The van der Waals surface area contributed by atoms with Crippen molar-refractivity contribution in [2.24, 2.45) is 0 Å². The highest BCUT2D eigenvalue weighted by molar-refractivity contribution is 6.30. The predicted octanol–water partition coefficient (Wildman–Crippen LogP) is 2.67. The van der Waals surface area contributed by atoms with E-state index in [1.54, 1.807) is 12.1 Å². The van der Waals surface area contributed by atoms with Crippen molar-refractivity contribution in [1.82, 2.24) is 10.1 Å². The van der Waals surface area contributed by atoms with Gasteiger partial charge in [0.1, 0.15) is 5.75 Å². The first-order valence-electron chi connectivity index (χ1n) is 5.60. The summed E-state index contributed by atoms with van der Waals surface area (Å²) in [4.78, 5) is 4.18. The molecule has 0 saturated carbocycles. The number of aromatic nitrogens is 2. The summed E-state index contributed by atoms with van der Waals surface area (Å²) in [5, 5.41) is 14.0. The maximum absolute atomic E-state index is 9.73. The summed E-state index contributed by atoms with van der Waals surface area (Å²) in [6.07, 6.45) is 0.575. The van der Waals surface area contributed by atoms with E-state index in [4.69, 9.17) is 20.9 Å². The monoisotopic (exact) mass is 268 g/mol. The topological polar surface area (TPSA) is 68.4 Å². The number of aromatic hydroxyl groups is 1. The lowest BCUT2D eigenvalue weighted by Crippen LogP contribution is -1.99. The van der Waals surface area contributed by atoms with Crippen LogP contribution in [0.15, 0.2) is 22.7 Å². The molecule has 0 radical (unpaired) electrons. The molecule has 0 aliphatic carbocycles. The summed E-state index contributed by atoms with van der Waals surface area (Å²) in [7, 11) is 0. The third-order valence-corrected chi connectivity index (χ3v) is 2.57. The van der Waals surface area contributed by atoms with E-state index in [9.17, 15) is 5.11 Å². The molecule has 0 fully saturated rings. The lowest BCUT2D eigenvalue weighted by atomic mass is 10.2. The second-order valence-corrected chi connectivity index (χ2v) is 4.06. The van der Waals surface area contributed by atoms with E-state index >= 15 is 0 Å². The zero-order valence-corrected chi connectivity index (χ0v) is 10.6. The van der Waals surface area contributed by atoms with Crippen LogP contribution in [0.5, 0.6) is 5.75 Å². The van der Waals surface area contributed by atoms with Crippen molar-refractivity contribution in [2.75, 3.05) is 13.2 Å². The van der Waals surface area contributed by atoms with Gasteiger partial charge in [0.2, 0.25) is 0 Å². The van der Waals surface area contributed by atoms with E-state index in [0.29, 0.717) is 36.0 Å². The highest BCUT2D eigenvalue weighted by Crippen LogP contribution is 2.30. The number of hydrogen-bond acceptors (Lipinski definition) is 5. The molecule has 0 aliphatic rings. The normalized spacial score (nSPS) is 10.8. The molecule has 5 nitrogen and oxygen atoms in total. The Morgan fingerprint density at radius 3 is 3.00 bits per heavy atom. The van der Waals surface area contributed by atoms with E-state index in [1.807, 2.05) is 6.92 Å². The summed E-state index contributed by atoms with van der Waals surface area (Å²) in [6.45, 7) is 3.12. The van der Waals surface area contributed by atoms with Gasteiger partial charge < -0.3 is 14.4 Å². The molecule has 0 saturated heterocycles. The molecule has 0 aliphatic heterocycles. The van der Waals surface area contributed by atoms with Crippen molar-refractivity contribution >= 4 is 11.6 Å². The Morgan fingerprint density at radius 2 is 2.28 bits per heavy atom. The number of phenols is 1. The van der Waals surface area contributed by atoms with E-state index < -0.39 is 0 Å². The SMILES string of the molecule is CCOCCc1noc(-c2ccc(Cl)cc2O)n1. The summed E-state index contributed by atoms with van der Waals surface area (Å²) < 4.78 is 10.3. The van der Waals surface area contributed by atoms with Gasteiger partial charge in [0.25, 0.3) is 5.89 Å². The smallest absolute Gasteiger partial charge is 0.261 e.